The molecule has 0 atom stereocenters. The zero-order valence-electron chi connectivity index (χ0n) is 12.1. The number of carbonyl (C=O) groups excluding carboxylic acids is 1. The van der Waals surface area contributed by atoms with Crippen LogP contribution in [-0.4, -0.2) is 54.0 Å². The Morgan fingerprint density at radius 1 is 1.30 bits per heavy atom. The zero-order chi connectivity index (χ0) is 14.2. The third-order valence-electron chi connectivity index (χ3n) is 3.49. The lowest BCUT2D eigenvalue weighted by Gasteiger charge is -2.33. The molecular formula is C14H23N5O. The molecule has 20 heavy (non-hydrogen) atoms. The van der Waals surface area contributed by atoms with Gasteiger partial charge in [-0.05, 0) is 12.5 Å². The molecule has 0 aliphatic carbocycles. The van der Waals surface area contributed by atoms with Crippen molar-refractivity contribution in [3.05, 3.63) is 12.3 Å². The molecule has 6 nitrogen and oxygen atoms in total. The standard InChI is InChI=1S/C14H23N5O/c1-2-3-4-6-15-14-16-7-5-13(17-14)19-10-8-18(12-20)9-11-19/h5,7,12H,2-4,6,8-11H2,1H3,(H,15,16,17). The van der Waals surface area contributed by atoms with Crippen LogP contribution in [-0.2, 0) is 4.79 Å². The highest BCUT2D eigenvalue weighted by molar-refractivity contribution is 5.49. The minimum absolute atomic E-state index is 0.691. The summed E-state index contributed by atoms with van der Waals surface area (Å²) < 4.78 is 0. The summed E-state index contributed by atoms with van der Waals surface area (Å²) in [7, 11) is 0. The smallest absolute Gasteiger partial charge is 0.224 e. The number of rotatable bonds is 7. The van der Waals surface area contributed by atoms with Crippen LogP contribution in [0.5, 0.6) is 0 Å². The Bertz CT molecular complexity index is 418. The first-order valence-electron chi connectivity index (χ1n) is 7.34. The maximum absolute atomic E-state index is 10.7. The van der Waals surface area contributed by atoms with E-state index in [9.17, 15) is 4.79 Å². The van der Waals surface area contributed by atoms with E-state index in [0.717, 1.165) is 51.4 Å². The number of carbonyl (C=O) groups is 1. The summed E-state index contributed by atoms with van der Waals surface area (Å²) in [5.41, 5.74) is 0. The summed E-state index contributed by atoms with van der Waals surface area (Å²) in [6.07, 6.45) is 6.28. The Balaban J connectivity index is 1.87. The van der Waals surface area contributed by atoms with Gasteiger partial charge in [-0.3, -0.25) is 4.79 Å². The lowest BCUT2D eigenvalue weighted by molar-refractivity contribution is -0.118. The molecule has 0 radical (unpaired) electrons. The van der Waals surface area contributed by atoms with Crippen LogP contribution in [0.1, 0.15) is 26.2 Å². The minimum atomic E-state index is 0.691. The molecule has 1 N–H and O–H groups in total. The second-order valence-corrected chi connectivity index (χ2v) is 5.00. The molecule has 0 spiro atoms. The van der Waals surface area contributed by atoms with Crippen LogP contribution in [0, 0.1) is 0 Å². The molecule has 110 valence electrons. The average Bonchev–Trinajstić information content (AvgIpc) is 2.52. The SMILES string of the molecule is CCCCCNc1nccc(N2CCN(C=O)CC2)n1. The van der Waals surface area contributed by atoms with E-state index in [4.69, 9.17) is 0 Å². The Labute approximate surface area is 120 Å². The predicted octanol–water partition coefficient (Wildman–Crippen LogP) is 1.36. The number of nitrogens with zero attached hydrogens (tertiary/aromatic N) is 4. The topological polar surface area (TPSA) is 61.4 Å². The Kier molecular flexibility index (Phi) is 5.58. The fourth-order valence-electron chi connectivity index (χ4n) is 2.24. The van der Waals surface area contributed by atoms with Crippen LogP contribution >= 0.6 is 0 Å². The minimum Gasteiger partial charge on any atom is -0.354 e. The van der Waals surface area contributed by atoms with Crippen LogP contribution in [0.3, 0.4) is 0 Å². The van der Waals surface area contributed by atoms with Crippen molar-refractivity contribution >= 4 is 18.2 Å². The molecular weight excluding hydrogens is 254 g/mol. The van der Waals surface area contributed by atoms with Gasteiger partial charge in [0.05, 0.1) is 0 Å². The second kappa shape index (κ2) is 7.67. The van der Waals surface area contributed by atoms with Crippen LogP contribution in [0.4, 0.5) is 11.8 Å². The molecule has 6 heteroatoms. The fourth-order valence-corrected chi connectivity index (χ4v) is 2.24. The maximum Gasteiger partial charge on any atom is 0.224 e. The first kappa shape index (κ1) is 14.6. The van der Waals surface area contributed by atoms with Crippen molar-refractivity contribution in [2.45, 2.75) is 26.2 Å². The van der Waals surface area contributed by atoms with Crippen LogP contribution < -0.4 is 10.2 Å². The van der Waals surface area contributed by atoms with Crippen LogP contribution in [0.25, 0.3) is 0 Å². The number of aromatic nitrogens is 2. The van der Waals surface area contributed by atoms with Gasteiger partial charge >= 0.3 is 0 Å². The molecule has 1 aromatic rings. The van der Waals surface area contributed by atoms with E-state index in [2.05, 4.69) is 27.1 Å². The molecule has 2 rings (SSSR count). The molecule has 1 aliphatic rings. The van der Waals surface area contributed by atoms with Gasteiger partial charge in [0.25, 0.3) is 0 Å². The molecule has 1 aromatic heterocycles. The summed E-state index contributed by atoms with van der Waals surface area (Å²) in [5, 5.41) is 3.26. The van der Waals surface area contributed by atoms with Gasteiger partial charge in [-0.25, -0.2) is 4.98 Å². The molecule has 1 saturated heterocycles. The van der Waals surface area contributed by atoms with Crippen LogP contribution in [0.2, 0.25) is 0 Å². The largest absolute Gasteiger partial charge is 0.354 e. The fraction of sp³-hybridized carbons (Fsp3) is 0.643. The molecule has 0 aromatic carbocycles. The molecule has 2 heterocycles. The van der Waals surface area contributed by atoms with E-state index in [1.807, 2.05) is 6.07 Å². The van der Waals surface area contributed by atoms with Crippen LogP contribution in [0.15, 0.2) is 12.3 Å². The Morgan fingerprint density at radius 2 is 2.10 bits per heavy atom. The number of nitrogens with one attached hydrogen (secondary N) is 1. The molecule has 1 aliphatic heterocycles. The summed E-state index contributed by atoms with van der Waals surface area (Å²) in [6.45, 7) is 6.27. The quantitative estimate of drug-likeness (QED) is 0.602. The van der Waals surface area contributed by atoms with Crippen molar-refractivity contribution in [2.24, 2.45) is 0 Å². The number of unbranched alkanes of at least 4 members (excludes halogenated alkanes) is 2. The Hall–Kier alpha value is -1.85. The lowest BCUT2D eigenvalue weighted by atomic mass is 10.2. The molecule has 1 amide bonds. The van der Waals surface area contributed by atoms with E-state index in [1.54, 1.807) is 11.1 Å². The van der Waals surface area contributed by atoms with Gasteiger partial charge in [0.1, 0.15) is 5.82 Å². The van der Waals surface area contributed by atoms with Crippen molar-refractivity contribution < 1.29 is 4.79 Å². The van der Waals surface area contributed by atoms with Gasteiger partial charge < -0.3 is 15.1 Å². The third kappa shape index (κ3) is 4.08. The average molecular weight is 277 g/mol. The van der Waals surface area contributed by atoms with E-state index in [1.165, 1.54) is 12.8 Å². The van der Waals surface area contributed by atoms with E-state index in [-0.39, 0.29) is 0 Å². The van der Waals surface area contributed by atoms with Crippen molar-refractivity contribution in [2.75, 3.05) is 42.9 Å². The molecule has 0 bridgehead atoms. The maximum atomic E-state index is 10.7. The summed E-state index contributed by atoms with van der Waals surface area (Å²) in [6, 6.07) is 1.92. The normalized spacial score (nSPS) is 15.2. The highest BCUT2D eigenvalue weighted by atomic mass is 16.1. The summed E-state index contributed by atoms with van der Waals surface area (Å²) in [4.78, 5) is 23.5. The van der Waals surface area contributed by atoms with Gasteiger partial charge in [0, 0.05) is 38.9 Å². The third-order valence-corrected chi connectivity index (χ3v) is 3.49. The van der Waals surface area contributed by atoms with Crippen molar-refractivity contribution in [1.29, 1.82) is 0 Å². The van der Waals surface area contributed by atoms with E-state index < -0.39 is 0 Å². The zero-order valence-corrected chi connectivity index (χ0v) is 12.1. The number of anilines is 2. The van der Waals surface area contributed by atoms with Gasteiger partial charge in [0.2, 0.25) is 12.4 Å². The van der Waals surface area contributed by atoms with Gasteiger partial charge in [-0.15, -0.1) is 0 Å². The van der Waals surface area contributed by atoms with Gasteiger partial charge in [-0.2, -0.15) is 4.98 Å². The summed E-state index contributed by atoms with van der Waals surface area (Å²) in [5.74, 6) is 1.62. The first-order chi connectivity index (χ1) is 9.83. The van der Waals surface area contributed by atoms with Gasteiger partial charge in [-0.1, -0.05) is 19.8 Å². The van der Waals surface area contributed by atoms with Gasteiger partial charge in [0.15, 0.2) is 0 Å². The van der Waals surface area contributed by atoms with Crippen molar-refractivity contribution in [3.8, 4) is 0 Å². The van der Waals surface area contributed by atoms with E-state index in [0.29, 0.717) is 5.95 Å². The number of hydrogen-bond donors (Lipinski definition) is 1. The number of piperazine rings is 1. The molecule has 0 unspecified atom stereocenters. The van der Waals surface area contributed by atoms with Crippen molar-refractivity contribution in [1.82, 2.24) is 14.9 Å². The lowest BCUT2D eigenvalue weighted by Crippen LogP contribution is -2.46. The first-order valence-corrected chi connectivity index (χ1v) is 7.34. The molecule has 0 saturated carbocycles. The van der Waals surface area contributed by atoms with E-state index >= 15 is 0 Å². The van der Waals surface area contributed by atoms with Crippen molar-refractivity contribution in [3.63, 3.8) is 0 Å². The second-order valence-electron chi connectivity index (χ2n) is 5.00. The summed E-state index contributed by atoms with van der Waals surface area (Å²) >= 11 is 0. The monoisotopic (exact) mass is 277 g/mol. The highest BCUT2D eigenvalue weighted by Crippen LogP contribution is 2.14. The molecule has 1 fully saturated rings. The Morgan fingerprint density at radius 3 is 2.80 bits per heavy atom. The number of hydrogen-bond acceptors (Lipinski definition) is 5. The number of amides is 1. The predicted molar refractivity (Wildman–Crippen MR) is 79.9 cm³/mol. The highest BCUT2D eigenvalue weighted by Gasteiger charge is 2.16.